The van der Waals surface area contributed by atoms with Crippen LogP contribution in [-0.2, 0) is 19.1 Å². The highest BCUT2D eigenvalue weighted by molar-refractivity contribution is 5.98. The van der Waals surface area contributed by atoms with E-state index in [4.69, 9.17) is 15.2 Å². The Balaban J connectivity index is 2.44. The monoisotopic (exact) mass is 544 g/mol. The van der Waals surface area contributed by atoms with Gasteiger partial charge in [0.15, 0.2) is 6.29 Å². The molecule has 0 radical (unpaired) electrons. The molecule has 0 unspecified atom stereocenters. The summed E-state index contributed by atoms with van der Waals surface area (Å²) < 4.78 is 11.4. The van der Waals surface area contributed by atoms with Crippen molar-refractivity contribution >= 4 is 23.4 Å². The number of benzene rings is 1. The van der Waals surface area contributed by atoms with E-state index in [9.17, 15) is 45.0 Å². The summed E-state index contributed by atoms with van der Waals surface area (Å²) in [5.74, 6) is -1.94. The number of hydrogen-bond acceptors (Lipinski definition) is 12. The molecule has 1 aromatic rings. The number of carbonyl (C=O) groups is 3. The number of aliphatic hydroxyl groups is 6. The predicted molar refractivity (Wildman–Crippen MR) is 130 cm³/mol. The number of anilines is 1. The van der Waals surface area contributed by atoms with Crippen LogP contribution in [0.5, 0.6) is 0 Å². The SMILES string of the molecule is CC(=O)N[C@H]1[C@@H](O[C@@H]([C@@H](O)[C@H](O)CO)[C@H](CNc2ccccc2C(N)=O)NC(C)=O)O[C@H](CO)[C@H](O)[C@@H]1O. The lowest BCUT2D eigenvalue weighted by molar-refractivity contribution is -0.294. The molecule has 0 aromatic heterocycles. The van der Waals surface area contributed by atoms with Crippen LogP contribution in [0.1, 0.15) is 24.2 Å². The second-order valence-corrected chi connectivity index (χ2v) is 8.87. The molecule has 1 aliphatic rings. The first-order valence-electron chi connectivity index (χ1n) is 11.8. The number of rotatable bonds is 13. The van der Waals surface area contributed by atoms with Crippen molar-refractivity contribution in [1.82, 2.24) is 10.6 Å². The van der Waals surface area contributed by atoms with Gasteiger partial charge in [-0.15, -0.1) is 0 Å². The minimum Gasteiger partial charge on any atom is -0.394 e. The van der Waals surface area contributed by atoms with Gasteiger partial charge in [-0.25, -0.2) is 0 Å². The van der Waals surface area contributed by atoms with Gasteiger partial charge in [0.1, 0.15) is 42.7 Å². The first kappa shape index (κ1) is 31.3. The normalized spacial score (nSPS) is 26.5. The number of nitrogens with one attached hydrogen (secondary N) is 3. The Morgan fingerprint density at radius 1 is 1.08 bits per heavy atom. The van der Waals surface area contributed by atoms with Gasteiger partial charge in [0, 0.05) is 26.1 Å². The lowest BCUT2D eigenvalue weighted by Crippen LogP contribution is -2.67. The molecule has 15 nitrogen and oxygen atoms in total. The van der Waals surface area contributed by atoms with E-state index in [2.05, 4.69) is 16.0 Å². The quantitative estimate of drug-likeness (QED) is 0.113. The minimum atomic E-state index is -1.86. The standard InChI is InChI=1S/C23H36N4O11/c1-10(30)26-14(7-25-13-6-4-3-5-12(13)22(24)36)21(18(33)15(32)8-28)38-23-17(27-11(2)31)20(35)19(34)16(9-29)37-23/h3-6,14-21,23,25,28-29,32-35H,7-9H2,1-2H3,(H2,24,36)(H,26,30)(H,27,31)/t14-,15+,16+,17+,18-,19-,20+,21+,23+/m0/s1. The van der Waals surface area contributed by atoms with Gasteiger partial charge in [-0.2, -0.15) is 0 Å². The second kappa shape index (κ2) is 14.3. The Morgan fingerprint density at radius 2 is 1.74 bits per heavy atom. The smallest absolute Gasteiger partial charge is 0.250 e. The van der Waals surface area contributed by atoms with Crippen LogP contribution in [0.3, 0.4) is 0 Å². The van der Waals surface area contributed by atoms with Crippen molar-refractivity contribution in [3.63, 3.8) is 0 Å². The van der Waals surface area contributed by atoms with E-state index in [1.807, 2.05) is 0 Å². The summed E-state index contributed by atoms with van der Waals surface area (Å²) in [6.07, 6.45) is -11.4. The average molecular weight is 545 g/mol. The maximum atomic E-state index is 12.0. The molecule has 38 heavy (non-hydrogen) atoms. The van der Waals surface area contributed by atoms with Crippen LogP contribution in [0.4, 0.5) is 5.69 Å². The summed E-state index contributed by atoms with van der Waals surface area (Å²) in [5.41, 5.74) is 5.83. The van der Waals surface area contributed by atoms with Crippen LogP contribution in [0, 0.1) is 0 Å². The molecule has 2 rings (SSSR count). The molecule has 15 heteroatoms. The van der Waals surface area contributed by atoms with Crippen molar-refractivity contribution in [3.8, 4) is 0 Å². The van der Waals surface area contributed by atoms with Gasteiger partial charge in [-0.1, -0.05) is 12.1 Å². The van der Waals surface area contributed by atoms with Crippen LogP contribution in [-0.4, -0.2) is 123 Å². The summed E-state index contributed by atoms with van der Waals surface area (Å²) in [6, 6.07) is 3.64. The number of carbonyl (C=O) groups excluding carboxylic acids is 3. The molecule has 9 atom stereocenters. The van der Waals surface area contributed by atoms with E-state index < -0.39 is 85.9 Å². The molecule has 3 amide bonds. The largest absolute Gasteiger partial charge is 0.394 e. The number of primary amides is 1. The van der Waals surface area contributed by atoms with Gasteiger partial charge in [0.25, 0.3) is 5.91 Å². The topological polar surface area (TPSA) is 253 Å². The van der Waals surface area contributed by atoms with E-state index in [0.717, 1.165) is 6.92 Å². The van der Waals surface area contributed by atoms with Gasteiger partial charge in [-0.05, 0) is 12.1 Å². The molecular formula is C23H36N4O11. The number of para-hydroxylation sites is 1. The van der Waals surface area contributed by atoms with Crippen molar-refractivity contribution in [2.24, 2.45) is 5.73 Å². The van der Waals surface area contributed by atoms with E-state index in [1.54, 1.807) is 18.2 Å². The van der Waals surface area contributed by atoms with Crippen molar-refractivity contribution in [2.75, 3.05) is 25.1 Å². The minimum absolute atomic E-state index is 0.131. The Hall–Kier alpha value is -2.89. The zero-order valence-electron chi connectivity index (χ0n) is 20.9. The Labute approximate surface area is 218 Å². The number of amides is 3. The van der Waals surface area contributed by atoms with E-state index in [-0.39, 0.29) is 17.8 Å². The fourth-order valence-electron chi connectivity index (χ4n) is 4.06. The molecular weight excluding hydrogens is 508 g/mol. The molecule has 0 spiro atoms. The molecule has 11 N–H and O–H groups in total. The van der Waals surface area contributed by atoms with Crippen molar-refractivity contribution in [1.29, 1.82) is 0 Å². The first-order valence-corrected chi connectivity index (χ1v) is 11.8. The fraction of sp³-hybridized carbons (Fsp3) is 0.609. The van der Waals surface area contributed by atoms with Crippen LogP contribution in [0.2, 0.25) is 0 Å². The van der Waals surface area contributed by atoms with Gasteiger partial charge in [-0.3, -0.25) is 14.4 Å². The van der Waals surface area contributed by atoms with Crippen molar-refractivity contribution in [2.45, 2.75) is 68.8 Å². The second-order valence-electron chi connectivity index (χ2n) is 8.87. The molecule has 0 bridgehead atoms. The highest BCUT2D eigenvalue weighted by atomic mass is 16.7. The highest BCUT2D eigenvalue weighted by Crippen LogP contribution is 2.26. The van der Waals surface area contributed by atoms with Crippen molar-refractivity contribution in [3.05, 3.63) is 29.8 Å². The van der Waals surface area contributed by atoms with E-state index in [1.165, 1.54) is 13.0 Å². The van der Waals surface area contributed by atoms with Crippen LogP contribution >= 0.6 is 0 Å². The third kappa shape index (κ3) is 8.05. The highest BCUT2D eigenvalue weighted by Gasteiger charge is 2.48. The molecule has 0 aliphatic carbocycles. The molecule has 1 saturated heterocycles. The average Bonchev–Trinajstić information content (AvgIpc) is 2.87. The maximum Gasteiger partial charge on any atom is 0.250 e. The zero-order valence-corrected chi connectivity index (χ0v) is 20.9. The summed E-state index contributed by atoms with van der Waals surface area (Å²) >= 11 is 0. The lowest BCUT2D eigenvalue weighted by Gasteiger charge is -2.45. The third-order valence-electron chi connectivity index (χ3n) is 5.95. The Bertz CT molecular complexity index is 952. The lowest BCUT2D eigenvalue weighted by atomic mass is 9.95. The van der Waals surface area contributed by atoms with E-state index in [0.29, 0.717) is 0 Å². The number of nitrogens with two attached hydrogens (primary N) is 1. The zero-order chi connectivity index (χ0) is 28.6. The van der Waals surface area contributed by atoms with Crippen LogP contribution in [0.25, 0.3) is 0 Å². The molecule has 1 aromatic carbocycles. The van der Waals surface area contributed by atoms with Crippen LogP contribution < -0.4 is 21.7 Å². The molecule has 1 heterocycles. The Morgan fingerprint density at radius 3 is 2.29 bits per heavy atom. The van der Waals surface area contributed by atoms with Gasteiger partial charge < -0.3 is 61.8 Å². The summed E-state index contributed by atoms with van der Waals surface area (Å²) in [6.45, 7) is 0.465. The van der Waals surface area contributed by atoms with Gasteiger partial charge >= 0.3 is 0 Å². The van der Waals surface area contributed by atoms with Crippen molar-refractivity contribution < 1.29 is 54.5 Å². The summed E-state index contributed by atoms with van der Waals surface area (Å²) in [5, 5.41) is 68.7. The molecule has 1 aliphatic heterocycles. The fourth-order valence-corrected chi connectivity index (χ4v) is 4.06. The number of hydrogen-bond donors (Lipinski definition) is 10. The predicted octanol–water partition coefficient (Wildman–Crippen LogP) is -4.25. The first-order chi connectivity index (χ1) is 17.9. The molecule has 1 fully saturated rings. The summed E-state index contributed by atoms with van der Waals surface area (Å²) in [4.78, 5) is 35.6. The van der Waals surface area contributed by atoms with Gasteiger partial charge in [0.2, 0.25) is 11.8 Å². The van der Waals surface area contributed by atoms with Crippen LogP contribution in [0.15, 0.2) is 24.3 Å². The third-order valence-corrected chi connectivity index (χ3v) is 5.95. The number of ether oxygens (including phenoxy) is 2. The van der Waals surface area contributed by atoms with E-state index >= 15 is 0 Å². The molecule has 214 valence electrons. The van der Waals surface area contributed by atoms with Gasteiger partial charge in [0.05, 0.1) is 24.8 Å². The Kier molecular flexibility index (Phi) is 11.8. The summed E-state index contributed by atoms with van der Waals surface area (Å²) in [7, 11) is 0. The number of aliphatic hydroxyl groups excluding tert-OH is 6. The maximum absolute atomic E-state index is 12.0. The molecule has 0 saturated carbocycles.